The first-order valence-electron chi connectivity index (χ1n) is 7.99. The average molecular weight is 427 g/mol. The third kappa shape index (κ3) is 5.15. The number of halogens is 1. The molecule has 3 rings (SSSR count). The van der Waals surface area contributed by atoms with Crippen molar-refractivity contribution in [1.82, 2.24) is 5.43 Å². The SMILES string of the molecule is Cc1ccc(C(=O)Oc2ccc(/C=N\NC(=O)c3ccc(Br)o3)cc2)cc1. The largest absolute Gasteiger partial charge is 0.444 e. The molecule has 0 radical (unpaired) electrons. The van der Waals surface area contributed by atoms with Gasteiger partial charge in [0, 0.05) is 0 Å². The van der Waals surface area contributed by atoms with Crippen LogP contribution in [0.4, 0.5) is 0 Å². The number of furan rings is 1. The molecule has 0 spiro atoms. The van der Waals surface area contributed by atoms with E-state index in [-0.39, 0.29) is 5.76 Å². The minimum absolute atomic E-state index is 0.150. The van der Waals surface area contributed by atoms with Crippen LogP contribution in [0, 0.1) is 6.92 Å². The van der Waals surface area contributed by atoms with E-state index in [0.717, 1.165) is 11.1 Å². The highest BCUT2D eigenvalue weighted by molar-refractivity contribution is 9.10. The Hall–Kier alpha value is -3.19. The van der Waals surface area contributed by atoms with Crippen LogP contribution in [0.5, 0.6) is 5.75 Å². The highest BCUT2D eigenvalue weighted by Crippen LogP contribution is 2.15. The Morgan fingerprint density at radius 3 is 2.37 bits per heavy atom. The number of esters is 1. The van der Waals surface area contributed by atoms with Gasteiger partial charge in [-0.05, 0) is 76.9 Å². The van der Waals surface area contributed by atoms with Crippen LogP contribution in [-0.4, -0.2) is 18.1 Å². The average Bonchev–Trinajstić information content (AvgIpc) is 3.10. The van der Waals surface area contributed by atoms with E-state index in [2.05, 4.69) is 26.5 Å². The second-order valence-electron chi connectivity index (χ2n) is 5.63. The van der Waals surface area contributed by atoms with Gasteiger partial charge < -0.3 is 9.15 Å². The number of aryl methyl sites for hydroxylation is 1. The third-order valence-electron chi connectivity index (χ3n) is 3.55. The molecule has 1 heterocycles. The van der Waals surface area contributed by atoms with Crippen LogP contribution in [0.2, 0.25) is 0 Å². The summed E-state index contributed by atoms with van der Waals surface area (Å²) in [5.41, 5.74) is 4.65. The van der Waals surface area contributed by atoms with Gasteiger partial charge in [-0.1, -0.05) is 17.7 Å². The highest BCUT2D eigenvalue weighted by Gasteiger charge is 2.09. The van der Waals surface area contributed by atoms with Crippen molar-refractivity contribution in [3.63, 3.8) is 0 Å². The van der Waals surface area contributed by atoms with Gasteiger partial charge in [-0.15, -0.1) is 0 Å². The Kier molecular flexibility index (Phi) is 5.83. The van der Waals surface area contributed by atoms with Crippen molar-refractivity contribution in [2.75, 3.05) is 0 Å². The summed E-state index contributed by atoms with van der Waals surface area (Å²) in [5, 5.41) is 3.87. The molecular formula is C20H15BrN2O4. The van der Waals surface area contributed by atoms with Crippen molar-refractivity contribution in [1.29, 1.82) is 0 Å². The monoisotopic (exact) mass is 426 g/mol. The molecule has 0 aliphatic carbocycles. The summed E-state index contributed by atoms with van der Waals surface area (Å²) in [6.45, 7) is 1.95. The van der Waals surface area contributed by atoms with Crippen LogP contribution >= 0.6 is 15.9 Å². The van der Waals surface area contributed by atoms with E-state index in [1.54, 1.807) is 42.5 Å². The molecule has 1 amide bonds. The number of hydrazone groups is 1. The van der Waals surface area contributed by atoms with Crippen LogP contribution in [-0.2, 0) is 0 Å². The van der Waals surface area contributed by atoms with Crippen molar-refractivity contribution in [3.8, 4) is 5.75 Å². The quantitative estimate of drug-likeness (QED) is 0.285. The number of nitrogens with zero attached hydrogens (tertiary/aromatic N) is 1. The first-order chi connectivity index (χ1) is 13.0. The maximum Gasteiger partial charge on any atom is 0.343 e. The number of nitrogens with one attached hydrogen (secondary N) is 1. The molecule has 0 aliphatic rings. The summed E-state index contributed by atoms with van der Waals surface area (Å²) in [6, 6.07) is 17.0. The topological polar surface area (TPSA) is 80.9 Å². The van der Waals surface area contributed by atoms with Crippen molar-refractivity contribution < 1.29 is 18.7 Å². The van der Waals surface area contributed by atoms with Crippen molar-refractivity contribution >= 4 is 34.0 Å². The molecule has 0 fully saturated rings. The van der Waals surface area contributed by atoms with Gasteiger partial charge in [0.2, 0.25) is 0 Å². The van der Waals surface area contributed by atoms with Gasteiger partial charge in [-0.25, -0.2) is 10.2 Å². The van der Waals surface area contributed by atoms with Gasteiger partial charge in [-0.2, -0.15) is 5.10 Å². The zero-order chi connectivity index (χ0) is 19.2. The third-order valence-corrected chi connectivity index (χ3v) is 3.98. The molecule has 136 valence electrons. The second-order valence-corrected chi connectivity index (χ2v) is 6.41. The lowest BCUT2D eigenvalue weighted by atomic mass is 10.1. The zero-order valence-corrected chi connectivity index (χ0v) is 15.9. The fraction of sp³-hybridized carbons (Fsp3) is 0.0500. The number of amides is 1. The Bertz CT molecular complexity index is 976. The van der Waals surface area contributed by atoms with Gasteiger partial charge in [0.25, 0.3) is 0 Å². The van der Waals surface area contributed by atoms with Crippen LogP contribution in [0.25, 0.3) is 0 Å². The first kappa shape index (κ1) is 18.6. The number of benzene rings is 2. The summed E-state index contributed by atoms with van der Waals surface area (Å²) in [7, 11) is 0. The predicted octanol–water partition coefficient (Wildman–Crippen LogP) is 4.33. The molecule has 0 unspecified atom stereocenters. The second kappa shape index (κ2) is 8.46. The molecular weight excluding hydrogens is 412 g/mol. The number of hydrogen-bond acceptors (Lipinski definition) is 5. The van der Waals surface area contributed by atoms with Crippen LogP contribution in [0.1, 0.15) is 32.0 Å². The number of hydrogen-bond donors (Lipinski definition) is 1. The van der Waals surface area contributed by atoms with E-state index in [0.29, 0.717) is 16.0 Å². The normalized spacial score (nSPS) is 10.7. The minimum Gasteiger partial charge on any atom is -0.444 e. The number of carbonyl (C=O) groups excluding carboxylic acids is 2. The molecule has 7 heteroatoms. The Morgan fingerprint density at radius 1 is 1.04 bits per heavy atom. The fourth-order valence-corrected chi connectivity index (χ4v) is 2.44. The lowest BCUT2D eigenvalue weighted by molar-refractivity contribution is 0.0734. The highest BCUT2D eigenvalue weighted by atomic mass is 79.9. The molecule has 0 saturated heterocycles. The van der Waals surface area contributed by atoms with Gasteiger partial charge >= 0.3 is 11.9 Å². The number of carbonyl (C=O) groups is 2. The van der Waals surface area contributed by atoms with Crippen molar-refractivity contribution in [2.45, 2.75) is 6.92 Å². The van der Waals surface area contributed by atoms with Crippen LogP contribution in [0.3, 0.4) is 0 Å². The molecule has 1 aromatic heterocycles. The van der Waals surface area contributed by atoms with E-state index in [1.807, 2.05) is 19.1 Å². The molecule has 3 aromatic rings. The van der Waals surface area contributed by atoms with Crippen molar-refractivity contribution in [2.24, 2.45) is 5.10 Å². The smallest absolute Gasteiger partial charge is 0.343 e. The zero-order valence-electron chi connectivity index (χ0n) is 14.3. The Labute approximate surface area is 164 Å². The molecule has 1 N–H and O–H groups in total. The van der Waals surface area contributed by atoms with E-state index in [1.165, 1.54) is 12.3 Å². The number of rotatable bonds is 5. The maximum atomic E-state index is 12.1. The summed E-state index contributed by atoms with van der Waals surface area (Å²) >= 11 is 3.13. The number of ether oxygens (including phenoxy) is 1. The molecule has 6 nitrogen and oxygen atoms in total. The molecule has 0 bridgehead atoms. The maximum absolute atomic E-state index is 12.1. The van der Waals surface area contributed by atoms with Crippen LogP contribution in [0.15, 0.2) is 74.9 Å². The molecule has 0 aliphatic heterocycles. The predicted molar refractivity (Wildman–Crippen MR) is 104 cm³/mol. The Morgan fingerprint density at radius 2 is 1.74 bits per heavy atom. The van der Waals surface area contributed by atoms with Crippen molar-refractivity contribution in [3.05, 3.63) is 87.8 Å². The molecule has 0 atom stereocenters. The summed E-state index contributed by atoms with van der Waals surface area (Å²) in [4.78, 5) is 23.9. The summed E-state index contributed by atoms with van der Waals surface area (Å²) in [5.74, 6) is -0.312. The Balaban J connectivity index is 1.56. The minimum atomic E-state index is -0.458. The lowest BCUT2D eigenvalue weighted by Crippen LogP contribution is -2.16. The van der Waals surface area contributed by atoms with Gasteiger partial charge in [-0.3, -0.25) is 4.79 Å². The molecule has 2 aromatic carbocycles. The molecule has 27 heavy (non-hydrogen) atoms. The first-order valence-corrected chi connectivity index (χ1v) is 8.78. The summed E-state index contributed by atoms with van der Waals surface area (Å²) in [6.07, 6.45) is 1.47. The van der Waals surface area contributed by atoms with E-state index in [4.69, 9.17) is 9.15 Å². The van der Waals surface area contributed by atoms with Crippen LogP contribution < -0.4 is 10.2 Å². The van der Waals surface area contributed by atoms with Gasteiger partial charge in [0.1, 0.15) is 5.75 Å². The van der Waals surface area contributed by atoms with Gasteiger partial charge in [0.15, 0.2) is 10.4 Å². The van der Waals surface area contributed by atoms with Gasteiger partial charge in [0.05, 0.1) is 11.8 Å². The van der Waals surface area contributed by atoms with E-state index in [9.17, 15) is 9.59 Å². The lowest BCUT2D eigenvalue weighted by Gasteiger charge is -2.05. The fourth-order valence-electron chi connectivity index (χ4n) is 2.13. The molecule has 0 saturated carbocycles. The van der Waals surface area contributed by atoms with E-state index < -0.39 is 11.9 Å². The summed E-state index contributed by atoms with van der Waals surface area (Å²) < 4.78 is 10.9. The standard InChI is InChI=1S/C20H15BrN2O4/c1-13-2-6-15(7-3-13)20(25)26-16-8-4-14(5-9-16)12-22-23-19(24)17-10-11-18(21)27-17/h2-12H,1H3,(H,23,24)/b22-12-. The van der Waals surface area contributed by atoms with E-state index >= 15 is 0 Å².